The van der Waals surface area contributed by atoms with E-state index >= 15 is 0 Å². The summed E-state index contributed by atoms with van der Waals surface area (Å²) in [5, 5.41) is 16.9. The molecule has 178 valence electrons. The summed E-state index contributed by atoms with van der Waals surface area (Å²) >= 11 is 0. The van der Waals surface area contributed by atoms with E-state index in [1.54, 1.807) is 4.68 Å². The average Bonchev–Trinajstić information content (AvgIpc) is 3.42. The third-order valence-corrected chi connectivity index (χ3v) is 6.45. The average molecular weight is 468 g/mol. The zero-order valence-corrected chi connectivity index (χ0v) is 19.8. The maximum absolute atomic E-state index is 12.8. The Morgan fingerprint density at radius 2 is 1.66 bits per heavy atom. The second-order valence-corrected chi connectivity index (χ2v) is 8.76. The van der Waals surface area contributed by atoms with Gasteiger partial charge in [0.05, 0.1) is 18.8 Å². The summed E-state index contributed by atoms with van der Waals surface area (Å²) in [6, 6.07) is 26.6. The van der Waals surface area contributed by atoms with Crippen LogP contribution in [-0.2, 0) is 17.7 Å². The number of rotatable bonds is 8. The zero-order chi connectivity index (χ0) is 24.2. The number of aliphatic hydroxyl groups excluding tert-OH is 1. The number of fused-ring (bicyclic) bond motifs is 3. The first-order valence-electron chi connectivity index (χ1n) is 12.1. The minimum Gasteiger partial charge on any atom is -0.448 e. The van der Waals surface area contributed by atoms with Gasteiger partial charge in [0, 0.05) is 17.5 Å². The monoisotopic (exact) mass is 467 g/mol. The molecule has 1 aliphatic rings. The summed E-state index contributed by atoms with van der Waals surface area (Å²) in [6.45, 7) is 2.58. The third-order valence-electron chi connectivity index (χ3n) is 6.45. The van der Waals surface area contributed by atoms with Crippen molar-refractivity contribution in [2.75, 3.05) is 18.5 Å². The first kappa shape index (κ1) is 22.9. The SMILES string of the molecule is CCCc1ccc(-c2cc(NC(=O)OCC3c4ccccc4-c4ccccc43)n(CCO)n2)cc1. The number of aliphatic hydroxyl groups is 1. The van der Waals surface area contributed by atoms with Gasteiger partial charge in [-0.1, -0.05) is 86.1 Å². The molecule has 1 heterocycles. The van der Waals surface area contributed by atoms with Crippen LogP contribution in [0.25, 0.3) is 22.4 Å². The Labute approximate surface area is 205 Å². The molecule has 0 saturated heterocycles. The summed E-state index contributed by atoms with van der Waals surface area (Å²) in [6.07, 6.45) is 1.59. The highest BCUT2D eigenvalue weighted by molar-refractivity contribution is 5.85. The van der Waals surface area contributed by atoms with Crippen LogP contribution >= 0.6 is 0 Å². The van der Waals surface area contributed by atoms with Crippen molar-refractivity contribution in [1.82, 2.24) is 9.78 Å². The molecule has 1 amide bonds. The van der Waals surface area contributed by atoms with Gasteiger partial charge in [0.2, 0.25) is 0 Å². The Hall–Kier alpha value is -3.90. The number of nitrogens with one attached hydrogen (secondary N) is 1. The van der Waals surface area contributed by atoms with E-state index in [9.17, 15) is 9.90 Å². The van der Waals surface area contributed by atoms with Crippen LogP contribution in [0.4, 0.5) is 10.6 Å². The maximum atomic E-state index is 12.8. The van der Waals surface area contributed by atoms with Crippen LogP contribution in [0, 0.1) is 0 Å². The molecular formula is C29H29N3O3. The molecule has 35 heavy (non-hydrogen) atoms. The number of aromatic nitrogens is 2. The number of anilines is 1. The zero-order valence-electron chi connectivity index (χ0n) is 19.8. The van der Waals surface area contributed by atoms with Crippen LogP contribution < -0.4 is 5.32 Å². The van der Waals surface area contributed by atoms with Gasteiger partial charge in [0.25, 0.3) is 0 Å². The van der Waals surface area contributed by atoms with Crippen LogP contribution in [0.2, 0.25) is 0 Å². The molecule has 0 saturated carbocycles. The van der Waals surface area contributed by atoms with E-state index in [0.29, 0.717) is 5.82 Å². The topological polar surface area (TPSA) is 76.4 Å². The molecule has 3 aromatic carbocycles. The second-order valence-electron chi connectivity index (χ2n) is 8.76. The highest BCUT2D eigenvalue weighted by Gasteiger charge is 2.29. The molecule has 2 N–H and O–H groups in total. The van der Waals surface area contributed by atoms with Crippen molar-refractivity contribution in [1.29, 1.82) is 0 Å². The molecule has 1 aliphatic carbocycles. The Morgan fingerprint density at radius 3 is 2.29 bits per heavy atom. The lowest BCUT2D eigenvalue weighted by Crippen LogP contribution is -2.20. The van der Waals surface area contributed by atoms with Gasteiger partial charge in [-0.2, -0.15) is 5.10 Å². The number of amides is 1. The Balaban J connectivity index is 1.30. The number of carbonyl (C=O) groups is 1. The first-order valence-corrected chi connectivity index (χ1v) is 12.1. The van der Waals surface area contributed by atoms with Gasteiger partial charge in [0.1, 0.15) is 12.4 Å². The van der Waals surface area contributed by atoms with Crippen molar-refractivity contribution in [2.45, 2.75) is 32.2 Å². The number of hydrogen-bond donors (Lipinski definition) is 2. The maximum Gasteiger partial charge on any atom is 0.412 e. The van der Waals surface area contributed by atoms with Crippen LogP contribution in [0.15, 0.2) is 78.9 Å². The lowest BCUT2D eigenvalue weighted by atomic mass is 9.98. The van der Waals surface area contributed by atoms with E-state index < -0.39 is 6.09 Å². The van der Waals surface area contributed by atoms with E-state index in [4.69, 9.17) is 4.74 Å². The van der Waals surface area contributed by atoms with Gasteiger partial charge in [0.15, 0.2) is 0 Å². The van der Waals surface area contributed by atoms with E-state index in [1.807, 2.05) is 42.5 Å². The number of aryl methyl sites for hydroxylation is 1. The fourth-order valence-electron chi connectivity index (χ4n) is 4.79. The smallest absolute Gasteiger partial charge is 0.412 e. The summed E-state index contributed by atoms with van der Waals surface area (Å²) in [4.78, 5) is 12.8. The van der Waals surface area contributed by atoms with Gasteiger partial charge in [-0.25, -0.2) is 9.48 Å². The molecule has 0 radical (unpaired) electrons. The number of carbonyl (C=O) groups excluding carboxylic acids is 1. The van der Waals surface area contributed by atoms with Crippen molar-refractivity contribution in [3.8, 4) is 22.4 Å². The predicted molar refractivity (Wildman–Crippen MR) is 137 cm³/mol. The third kappa shape index (κ3) is 4.70. The Kier molecular flexibility index (Phi) is 6.64. The molecule has 6 nitrogen and oxygen atoms in total. The molecule has 0 unspecified atom stereocenters. The number of nitrogens with zero attached hydrogens (tertiary/aromatic N) is 2. The number of hydrogen-bond acceptors (Lipinski definition) is 4. The molecular weight excluding hydrogens is 438 g/mol. The normalized spacial score (nSPS) is 12.3. The van der Waals surface area contributed by atoms with Gasteiger partial charge < -0.3 is 9.84 Å². The molecule has 0 atom stereocenters. The van der Waals surface area contributed by atoms with Crippen LogP contribution in [0.1, 0.15) is 36.0 Å². The van der Waals surface area contributed by atoms with Crippen molar-refractivity contribution in [3.05, 3.63) is 95.6 Å². The van der Waals surface area contributed by atoms with Gasteiger partial charge in [-0.15, -0.1) is 0 Å². The predicted octanol–water partition coefficient (Wildman–Crippen LogP) is 5.86. The molecule has 5 rings (SSSR count). The largest absolute Gasteiger partial charge is 0.448 e. The quantitative estimate of drug-likeness (QED) is 0.341. The molecule has 0 fully saturated rings. The lowest BCUT2D eigenvalue weighted by Gasteiger charge is -2.15. The second kappa shape index (κ2) is 10.2. The molecule has 1 aromatic heterocycles. The minimum atomic E-state index is -0.546. The fraction of sp³-hybridized carbons (Fsp3) is 0.241. The molecule has 0 aliphatic heterocycles. The van der Waals surface area contributed by atoms with Crippen LogP contribution in [0.3, 0.4) is 0 Å². The number of ether oxygens (including phenoxy) is 1. The molecule has 4 aromatic rings. The van der Waals surface area contributed by atoms with E-state index in [0.717, 1.165) is 24.1 Å². The molecule has 0 bridgehead atoms. The van der Waals surface area contributed by atoms with E-state index in [2.05, 4.69) is 53.7 Å². The van der Waals surface area contributed by atoms with E-state index in [1.165, 1.54) is 27.8 Å². The number of benzene rings is 3. The Bertz CT molecular complexity index is 1280. The molecule has 0 spiro atoms. The summed E-state index contributed by atoms with van der Waals surface area (Å²) in [7, 11) is 0. The first-order chi connectivity index (χ1) is 17.2. The summed E-state index contributed by atoms with van der Waals surface area (Å²) in [5.41, 5.74) is 7.68. The van der Waals surface area contributed by atoms with Gasteiger partial charge in [-0.05, 0) is 34.2 Å². The summed E-state index contributed by atoms with van der Waals surface area (Å²) < 4.78 is 7.27. The minimum absolute atomic E-state index is 0.00676. The lowest BCUT2D eigenvalue weighted by molar-refractivity contribution is 0.158. The highest BCUT2D eigenvalue weighted by atomic mass is 16.5. The standard InChI is InChI=1S/C29H29N3O3/c1-2-7-20-12-14-21(15-13-20)27-18-28(32(31-27)16-17-33)30-29(34)35-19-26-24-10-5-3-8-22(24)23-9-4-6-11-25(23)26/h3-6,8-15,18,26,33H,2,7,16-17,19H2,1H3,(H,30,34). The van der Waals surface area contributed by atoms with Crippen molar-refractivity contribution >= 4 is 11.9 Å². The van der Waals surface area contributed by atoms with Crippen molar-refractivity contribution < 1.29 is 14.6 Å². The van der Waals surface area contributed by atoms with Gasteiger partial charge >= 0.3 is 6.09 Å². The molecule has 6 heteroatoms. The van der Waals surface area contributed by atoms with Crippen molar-refractivity contribution in [2.24, 2.45) is 0 Å². The highest BCUT2D eigenvalue weighted by Crippen LogP contribution is 2.44. The van der Waals surface area contributed by atoms with Gasteiger partial charge in [-0.3, -0.25) is 5.32 Å². The van der Waals surface area contributed by atoms with Crippen molar-refractivity contribution in [3.63, 3.8) is 0 Å². The Morgan fingerprint density at radius 1 is 1.00 bits per heavy atom. The van der Waals surface area contributed by atoms with E-state index in [-0.39, 0.29) is 25.7 Å². The fourth-order valence-corrected chi connectivity index (χ4v) is 4.79. The van der Waals surface area contributed by atoms with Crippen LogP contribution in [-0.4, -0.2) is 34.2 Å². The summed E-state index contributed by atoms with van der Waals surface area (Å²) in [5.74, 6) is 0.483. The van der Waals surface area contributed by atoms with Crippen LogP contribution in [0.5, 0.6) is 0 Å².